The first-order valence-electron chi connectivity index (χ1n) is 3.99. The number of benzene rings is 1. The molecule has 0 aliphatic heterocycles. The predicted octanol–water partition coefficient (Wildman–Crippen LogP) is 2.94. The lowest BCUT2D eigenvalue weighted by Gasteiger charge is -2.08. The first-order valence-corrected chi connectivity index (χ1v) is 3.99. The van der Waals surface area contributed by atoms with E-state index in [0.29, 0.717) is 5.76 Å². The molecule has 0 amide bonds. The number of nitrogens with zero attached hydrogens (tertiary/aromatic N) is 1. The van der Waals surface area contributed by atoms with Gasteiger partial charge in [0.15, 0.2) is 0 Å². The Morgan fingerprint density at radius 1 is 1.46 bits per heavy atom. The summed E-state index contributed by atoms with van der Waals surface area (Å²) in [5.41, 5.74) is 2.86. The molecule has 1 aromatic rings. The molecule has 68 valence electrons. The highest BCUT2D eigenvalue weighted by atomic mass is 16.5. The third-order valence-corrected chi connectivity index (χ3v) is 1.87. The first kappa shape index (κ1) is 9.52. The molecule has 13 heavy (non-hydrogen) atoms. The molecule has 0 radical (unpaired) electrons. The highest BCUT2D eigenvalue weighted by molar-refractivity contribution is 5.71. The number of hydrogen-bond acceptors (Lipinski definition) is 2. The van der Waals surface area contributed by atoms with Gasteiger partial charge < -0.3 is 4.74 Å². The van der Waals surface area contributed by atoms with E-state index < -0.39 is 0 Å². The maximum absolute atomic E-state index is 5.05. The minimum atomic E-state index is 0.617. The Balaban J connectivity index is 3.23. The van der Waals surface area contributed by atoms with Gasteiger partial charge in [0.05, 0.1) is 12.8 Å². The molecular weight excluding hydrogens is 162 g/mol. The minimum Gasteiger partial charge on any atom is -0.497 e. The van der Waals surface area contributed by atoms with Crippen molar-refractivity contribution in [3.63, 3.8) is 0 Å². The smallest absolute Gasteiger partial charge is 0.121 e. The summed E-state index contributed by atoms with van der Waals surface area (Å²) >= 11 is 0. The Kier molecular flexibility index (Phi) is 2.85. The van der Waals surface area contributed by atoms with Gasteiger partial charge in [-0.05, 0) is 25.8 Å². The fraction of sp³-hybridized carbons (Fsp3) is 0.182. The topological polar surface area (TPSA) is 21.6 Å². The molecule has 2 nitrogen and oxygen atoms in total. The lowest BCUT2D eigenvalue weighted by atomic mass is 10.1. The molecule has 0 aromatic heterocycles. The number of rotatable bonds is 3. The van der Waals surface area contributed by atoms with Crippen molar-refractivity contribution in [2.24, 2.45) is 4.99 Å². The van der Waals surface area contributed by atoms with E-state index in [1.54, 1.807) is 7.11 Å². The van der Waals surface area contributed by atoms with Crippen molar-refractivity contribution in [3.8, 4) is 0 Å². The van der Waals surface area contributed by atoms with Crippen LogP contribution in [0.15, 0.2) is 29.8 Å². The van der Waals surface area contributed by atoms with Crippen LogP contribution in [-0.4, -0.2) is 13.8 Å². The first-order chi connectivity index (χ1) is 6.19. The van der Waals surface area contributed by atoms with Gasteiger partial charge in [-0.3, -0.25) is 4.99 Å². The molecule has 0 saturated carbocycles. The number of ether oxygens (including phenoxy) is 1. The van der Waals surface area contributed by atoms with Gasteiger partial charge in [-0.2, -0.15) is 0 Å². The largest absolute Gasteiger partial charge is 0.497 e. The van der Waals surface area contributed by atoms with Crippen molar-refractivity contribution >= 4 is 18.2 Å². The standard InChI is InChI=1S/C11H13NO/c1-8-5-6-11(12-3)10(7-8)9(2)13-4/h5-7H,2-3H2,1,4H3. The summed E-state index contributed by atoms with van der Waals surface area (Å²) < 4.78 is 5.05. The summed E-state index contributed by atoms with van der Waals surface area (Å²) in [7, 11) is 1.59. The van der Waals surface area contributed by atoms with Gasteiger partial charge in [0, 0.05) is 5.56 Å². The zero-order chi connectivity index (χ0) is 9.84. The van der Waals surface area contributed by atoms with Gasteiger partial charge in [-0.15, -0.1) is 0 Å². The zero-order valence-electron chi connectivity index (χ0n) is 8.00. The highest BCUT2D eigenvalue weighted by Gasteiger charge is 2.04. The summed E-state index contributed by atoms with van der Waals surface area (Å²) in [5.74, 6) is 0.617. The minimum absolute atomic E-state index is 0.617. The van der Waals surface area contributed by atoms with Crippen LogP contribution in [0.25, 0.3) is 5.76 Å². The summed E-state index contributed by atoms with van der Waals surface area (Å²) in [6.45, 7) is 9.29. The van der Waals surface area contributed by atoms with E-state index in [1.807, 2.05) is 25.1 Å². The van der Waals surface area contributed by atoms with Gasteiger partial charge in [0.1, 0.15) is 5.76 Å². The third kappa shape index (κ3) is 1.96. The molecule has 0 aliphatic carbocycles. The van der Waals surface area contributed by atoms with E-state index in [0.717, 1.165) is 16.8 Å². The van der Waals surface area contributed by atoms with Crippen LogP contribution in [0.3, 0.4) is 0 Å². The second kappa shape index (κ2) is 3.90. The summed E-state index contributed by atoms with van der Waals surface area (Å²) in [6.07, 6.45) is 0. The Morgan fingerprint density at radius 2 is 2.15 bits per heavy atom. The van der Waals surface area contributed by atoms with Crippen LogP contribution in [0.5, 0.6) is 0 Å². The van der Waals surface area contributed by atoms with Gasteiger partial charge in [0.2, 0.25) is 0 Å². The number of aliphatic imine (C=N–C) groups is 1. The fourth-order valence-corrected chi connectivity index (χ4v) is 1.12. The van der Waals surface area contributed by atoms with Gasteiger partial charge >= 0.3 is 0 Å². The quantitative estimate of drug-likeness (QED) is 0.511. The zero-order valence-corrected chi connectivity index (χ0v) is 8.00. The van der Waals surface area contributed by atoms with Gasteiger partial charge in [-0.1, -0.05) is 18.2 Å². The van der Waals surface area contributed by atoms with Crippen molar-refractivity contribution in [2.45, 2.75) is 6.92 Å². The van der Waals surface area contributed by atoms with Crippen LogP contribution in [0.2, 0.25) is 0 Å². The molecule has 0 spiro atoms. The number of hydrogen-bond donors (Lipinski definition) is 0. The summed E-state index contributed by atoms with van der Waals surface area (Å²) in [6, 6.07) is 5.87. The van der Waals surface area contributed by atoms with Crippen LogP contribution in [-0.2, 0) is 4.74 Å². The maximum atomic E-state index is 5.05. The van der Waals surface area contributed by atoms with E-state index >= 15 is 0 Å². The van der Waals surface area contributed by atoms with Crippen LogP contribution >= 0.6 is 0 Å². The molecule has 0 unspecified atom stereocenters. The number of aryl methyl sites for hydroxylation is 1. The average molecular weight is 175 g/mol. The Labute approximate surface area is 78.6 Å². The SMILES string of the molecule is C=Nc1ccc(C)cc1C(=C)OC. The van der Waals surface area contributed by atoms with Crippen molar-refractivity contribution < 1.29 is 4.74 Å². The van der Waals surface area contributed by atoms with Crippen molar-refractivity contribution in [3.05, 3.63) is 35.9 Å². The molecule has 0 bridgehead atoms. The lowest BCUT2D eigenvalue weighted by molar-refractivity contribution is 0.371. The van der Waals surface area contributed by atoms with E-state index in [4.69, 9.17) is 4.74 Å². The second-order valence-electron chi connectivity index (χ2n) is 2.81. The van der Waals surface area contributed by atoms with E-state index in [-0.39, 0.29) is 0 Å². The molecule has 1 aromatic carbocycles. The van der Waals surface area contributed by atoms with E-state index in [2.05, 4.69) is 18.3 Å². The Morgan fingerprint density at radius 3 is 2.69 bits per heavy atom. The van der Waals surface area contributed by atoms with Gasteiger partial charge in [-0.25, -0.2) is 0 Å². The average Bonchev–Trinajstić information content (AvgIpc) is 2.16. The fourth-order valence-electron chi connectivity index (χ4n) is 1.12. The maximum Gasteiger partial charge on any atom is 0.121 e. The summed E-state index contributed by atoms with van der Waals surface area (Å²) in [4.78, 5) is 3.89. The van der Waals surface area contributed by atoms with Crippen LogP contribution < -0.4 is 0 Å². The Hall–Kier alpha value is -1.57. The molecule has 0 N–H and O–H groups in total. The van der Waals surface area contributed by atoms with Gasteiger partial charge in [0.25, 0.3) is 0 Å². The molecule has 0 aliphatic rings. The molecule has 0 heterocycles. The second-order valence-corrected chi connectivity index (χ2v) is 2.81. The third-order valence-electron chi connectivity index (χ3n) is 1.87. The van der Waals surface area contributed by atoms with Crippen molar-refractivity contribution in [1.82, 2.24) is 0 Å². The van der Waals surface area contributed by atoms with E-state index in [1.165, 1.54) is 0 Å². The normalized spacial score (nSPS) is 9.38. The molecule has 0 atom stereocenters. The highest BCUT2D eigenvalue weighted by Crippen LogP contribution is 2.26. The van der Waals surface area contributed by atoms with E-state index in [9.17, 15) is 0 Å². The van der Waals surface area contributed by atoms with Crippen LogP contribution in [0, 0.1) is 6.92 Å². The molecule has 0 fully saturated rings. The van der Waals surface area contributed by atoms with Crippen molar-refractivity contribution in [1.29, 1.82) is 0 Å². The lowest BCUT2D eigenvalue weighted by Crippen LogP contribution is -1.87. The van der Waals surface area contributed by atoms with Crippen LogP contribution in [0.4, 0.5) is 5.69 Å². The molecule has 0 saturated heterocycles. The Bertz CT molecular complexity index is 342. The predicted molar refractivity (Wildman–Crippen MR) is 56.4 cm³/mol. The molecule has 2 heteroatoms. The molecular formula is C11H13NO. The molecule has 1 rings (SSSR count). The van der Waals surface area contributed by atoms with Crippen molar-refractivity contribution in [2.75, 3.05) is 7.11 Å². The van der Waals surface area contributed by atoms with Crippen LogP contribution in [0.1, 0.15) is 11.1 Å². The number of methoxy groups -OCH3 is 1. The summed E-state index contributed by atoms with van der Waals surface area (Å²) in [5, 5.41) is 0. The monoisotopic (exact) mass is 175 g/mol.